The van der Waals surface area contributed by atoms with E-state index in [0.29, 0.717) is 18.6 Å². The van der Waals surface area contributed by atoms with Crippen LogP contribution in [0.3, 0.4) is 0 Å². The number of esters is 2. The van der Waals surface area contributed by atoms with Crippen molar-refractivity contribution in [2.24, 2.45) is 28.6 Å². The van der Waals surface area contributed by atoms with Gasteiger partial charge in [-0.3, -0.25) is 14.4 Å². The van der Waals surface area contributed by atoms with Crippen LogP contribution in [-0.4, -0.2) is 33.4 Å². The van der Waals surface area contributed by atoms with Crippen molar-refractivity contribution in [2.45, 2.75) is 68.0 Å². The van der Waals surface area contributed by atoms with E-state index in [1.54, 1.807) is 0 Å². The highest BCUT2D eigenvalue weighted by molar-refractivity contribution is 14.1. The Balaban J connectivity index is 1.64. The van der Waals surface area contributed by atoms with Crippen molar-refractivity contribution < 1.29 is 23.9 Å². The lowest BCUT2D eigenvalue weighted by Gasteiger charge is -2.45. The summed E-state index contributed by atoms with van der Waals surface area (Å²) in [5.74, 6) is 0.372. The lowest BCUT2D eigenvalue weighted by Crippen LogP contribution is -2.53. The molecule has 0 aromatic carbocycles. The molecular formula is C19H23IO5. The normalized spacial score (nSPS) is 55.6. The first-order valence-electron chi connectivity index (χ1n) is 9.33. The third-order valence-corrected chi connectivity index (χ3v) is 10.1. The van der Waals surface area contributed by atoms with Crippen LogP contribution in [0.15, 0.2) is 0 Å². The molecule has 1 saturated heterocycles. The van der Waals surface area contributed by atoms with Crippen molar-refractivity contribution in [3.05, 3.63) is 0 Å². The van der Waals surface area contributed by atoms with Gasteiger partial charge >= 0.3 is 11.9 Å². The molecule has 0 unspecified atom stereocenters. The van der Waals surface area contributed by atoms with Gasteiger partial charge in [0.05, 0.1) is 0 Å². The highest BCUT2D eigenvalue weighted by Crippen LogP contribution is 2.76. The molecule has 0 N–H and O–H groups in total. The summed E-state index contributed by atoms with van der Waals surface area (Å²) in [5, 5.41) is 0. The molecule has 5 fully saturated rings. The highest BCUT2D eigenvalue weighted by atomic mass is 127. The standard InChI is InChI=1S/C19H23IO5/c1-9(21)24-13-5-6-19-12-4-3-10-7-18(12,8-11(10)22)15(20)14(19)17(13,2)16(23)25-19/h10,12-15H,3-8H2,1-2H3/t10-,12-,13+,14-,15+,17-,18-,19-/m1/s1. The fourth-order valence-corrected chi connectivity index (χ4v) is 9.60. The molecule has 4 bridgehead atoms. The molecule has 1 heterocycles. The van der Waals surface area contributed by atoms with Gasteiger partial charge in [0.15, 0.2) is 0 Å². The first-order valence-corrected chi connectivity index (χ1v) is 10.6. The van der Waals surface area contributed by atoms with Crippen molar-refractivity contribution in [3.8, 4) is 0 Å². The Hall–Kier alpha value is -0.660. The van der Waals surface area contributed by atoms with Gasteiger partial charge in [0.2, 0.25) is 0 Å². The molecule has 25 heavy (non-hydrogen) atoms. The van der Waals surface area contributed by atoms with E-state index >= 15 is 0 Å². The van der Waals surface area contributed by atoms with Crippen molar-refractivity contribution in [1.29, 1.82) is 0 Å². The highest BCUT2D eigenvalue weighted by Gasteiger charge is 2.82. The van der Waals surface area contributed by atoms with Crippen molar-refractivity contribution in [1.82, 2.24) is 0 Å². The number of Topliss-reactive ketones (excluding diaryl/α,β-unsaturated/α-hetero) is 1. The predicted molar refractivity (Wildman–Crippen MR) is 95.9 cm³/mol. The van der Waals surface area contributed by atoms with E-state index in [4.69, 9.17) is 9.47 Å². The Labute approximate surface area is 160 Å². The molecule has 136 valence electrons. The Bertz CT molecular complexity index is 706. The van der Waals surface area contributed by atoms with Gasteiger partial charge in [-0.2, -0.15) is 0 Å². The smallest absolute Gasteiger partial charge is 0.316 e. The van der Waals surface area contributed by atoms with E-state index in [9.17, 15) is 14.4 Å². The molecule has 0 radical (unpaired) electrons. The number of ether oxygens (including phenoxy) is 2. The molecule has 0 amide bonds. The van der Waals surface area contributed by atoms with Gasteiger partial charge in [-0.25, -0.2) is 0 Å². The maximum absolute atomic E-state index is 13.0. The minimum absolute atomic E-state index is 0.0286. The monoisotopic (exact) mass is 458 g/mol. The maximum atomic E-state index is 13.0. The van der Waals surface area contributed by atoms with Gasteiger partial charge in [-0.05, 0) is 44.4 Å². The largest absolute Gasteiger partial charge is 0.461 e. The molecule has 8 atom stereocenters. The first kappa shape index (κ1) is 16.5. The predicted octanol–water partition coefficient (Wildman–Crippen LogP) is 2.82. The topological polar surface area (TPSA) is 69.7 Å². The number of hydrogen-bond donors (Lipinski definition) is 0. The molecule has 4 aliphatic carbocycles. The van der Waals surface area contributed by atoms with Crippen LogP contribution in [0.5, 0.6) is 0 Å². The van der Waals surface area contributed by atoms with E-state index in [-0.39, 0.29) is 39.0 Å². The fourth-order valence-electron chi connectivity index (χ4n) is 7.33. The SMILES string of the molecule is CC(=O)O[C@H]1CC[C@]23OC(=O)[C@@]1(C)[C@H]2[C@H](I)[C@]12CC(=O)[C@H](CC[C@H]13)C2. The number of fused-ring (bicyclic) bond motifs is 1. The van der Waals surface area contributed by atoms with Crippen LogP contribution < -0.4 is 0 Å². The second kappa shape index (κ2) is 4.78. The van der Waals surface area contributed by atoms with Crippen LogP contribution in [-0.2, 0) is 23.9 Å². The number of rotatable bonds is 1. The van der Waals surface area contributed by atoms with E-state index < -0.39 is 17.1 Å². The van der Waals surface area contributed by atoms with E-state index in [1.807, 2.05) is 6.92 Å². The van der Waals surface area contributed by atoms with Gasteiger partial charge in [0.1, 0.15) is 22.9 Å². The third-order valence-electron chi connectivity index (χ3n) is 8.18. The molecule has 1 aliphatic heterocycles. The molecular weight excluding hydrogens is 435 g/mol. The van der Waals surface area contributed by atoms with E-state index in [2.05, 4.69) is 22.6 Å². The Morgan fingerprint density at radius 3 is 2.76 bits per heavy atom. The second-order valence-electron chi connectivity index (χ2n) is 9.05. The maximum Gasteiger partial charge on any atom is 0.316 e. The van der Waals surface area contributed by atoms with Crippen molar-refractivity contribution in [3.63, 3.8) is 0 Å². The van der Waals surface area contributed by atoms with Gasteiger partial charge in [0.25, 0.3) is 0 Å². The summed E-state index contributed by atoms with van der Waals surface area (Å²) in [4.78, 5) is 37.1. The number of halogens is 1. The summed E-state index contributed by atoms with van der Waals surface area (Å²) in [6.45, 7) is 3.34. The zero-order chi connectivity index (χ0) is 17.8. The number of hydrogen-bond acceptors (Lipinski definition) is 5. The van der Waals surface area contributed by atoms with Crippen LogP contribution in [0.2, 0.25) is 0 Å². The zero-order valence-corrected chi connectivity index (χ0v) is 16.7. The average Bonchev–Trinajstić information content (AvgIpc) is 2.99. The summed E-state index contributed by atoms with van der Waals surface area (Å²) < 4.78 is 12.0. The van der Waals surface area contributed by atoms with Gasteiger partial charge in [-0.15, -0.1) is 0 Å². The molecule has 5 aliphatic rings. The summed E-state index contributed by atoms with van der Waals surface area (Å²) in [5.41, 5.74) is -1.27. The number of alkyl halides is 1. The summed E-state index contributed by atoms with van der Waals surface area (Å²) in [6.07, 6.45) is 4.51. The fraction of sp³-hybridized carbons (Fsp3) is 0.842. The Morgan fingerprint density at radius 1 is 1.28 bits per heavy atom. The third kappa shape index (κ3) is 1.69. The van der Waals surface area contributed by atoms with E-state index in [1.165, 1.54) is 6.92 Å². The molecule has 6 heteroatoms. The van der Waals surface area contributed by atoms with Gasteiger partial charge < -0.3 is 9.47 Å². The van der Waals surface area contributed by atoms with Crippen molar-refractivity contribution in [2.75, 3.05) is 0 Å². The second-order valence-corrected chi connectivity index (χ2v) is 10.4. The van der Waals surface area contributed by atoms with Gasteiger partial charge in [-0.1, -0.05) is 22.6 Å². The first-order chi connectivity index (χ1) is 11.8. The summed E-state index contributed by atoms with van der Waals surface area (Å²) in [6, 6.07) is 0. The molecule has 5 rings (SSSR count). The molecule has 4 saturated carbocycles. The van der Waals surface area contributed by atoms with Crippen LogP contribution in [0, 0.1) is 28.6 Å². The number of ketones is 1. The van der Waals surface area contributed by atoms with Crippen LogP contribution in [0.1, 0.15) is 52.4 Å². The zero-order valence-electron chi connectivity index (χ0n) is 14.5. The van der Waals surface area contributed by atoms with Crippen LogP contribution in [0.4, 0.5) is 0 Å². The lowest BCUT2D eigenvalue weighted by molar-refractivity contribution is -0.164. The van der Waals surface area contributed by atoms with Crippen molar-refractivity contribution >= 4 is 40.3 Å². The van der Waals surface area contributed by atoms with Crippen LogP contribution >= 0.6 is 22.6 Å². The number of carbonyl (C=O) groups excluding carboxylic acids is 3. The number of carbonyl (C=O) groups is 3. The van der Waals surface area contributed by atoms with Gasteiger partial charge in [0, 0.05) is 35.0 Å². The summed E-state index contributed by atoms with van der Waals surface area (Å²) >= 11 is 2.49. The molecule has 5 nitrogen and oxygen atoms in total. The van der Waals surface area contributed by atoms with E-state index in [0.717, 1.165) is 25.7 Å². The molecule has 0 aromatic heterocycles. The Morgan fingerprint density at radius 2 is 2.04 bits per heavy atom. The average molecular weight is 458 g/mol. The Kier molecular flexibility index (Phi) is 3.16. The molecule has 1 spiro atoms. The molecule has 0 aromatic rings. The summed E-state index contributed by atoms with van der Waals surface area (Å²) in [7, 11) is 0. The quantitative estimate of drug-likeness (QED) is 0.344. The minimum atomic E-state index is -0.789. The van der Waals surface area contributed by atoms with Crippen LogP contribution in [0.25, 0.3) is 0 Å². The minimum Gasteiger partial charge on any atom is -0.461 e. The lowest BCUT2D eigenvalue weighted by atomic mass is 9.60.